The monoisotopic (exact) mass is 226 g/mol. The first kappa shape index (κ1) is 13.7. The van der Waals surface area contributed by atoms with Crippen molar-refractivity contribution in [2.45, 2.75) is 71.3 Å². The zero-order chi connectivity index (χ0) is 12.0. The minimum absolute atomic E-state index is 0.343. The summed E-state index contributed by atoms with van der Waals surface area (Å²) in [6.07, 6.45) is 6.87. The Morgan fingerprint density at radius 1 is 1.38 bits per heavy atom. The smallest absolute Gasteiger partial charge is 0.164 e. The molecule has 0 spiro atoms. The average Bonchev–Trinajstić information content (AvgIpc) is 2.27. The van der Waals surface area contributed by atoms with E-state index in [1.165, 1.54) is 6.42 Å². The summed E-state index contributed by atoms with van der Waals surface area (Å²) in [5.41, 5.74) is -0.427. The fourth-order valence-electron chi connectivity index (χ4n) is 2.72. The second-order valence-electron chi connectivity index (χ2n) is 5.22. The molecule has 0 radical (unpaired) electrons. The van der Waals surface area contributed by atoms with Crippen LogP contribution in [0.4, 0.5) is 0 Å². The Balaban J connectivity index is 2.70. The normalized spacial score (nSPS) is 30.3. The number of ether oxygens (including phenoxy) is 1. The van der Waals surface area contributed by atoms with Crippen LogP contribution in [0.2, 0.25) is 0 Å². The van der Waals surface area contributed by atoms with Crippen LogP contribution in [0.5, 0.6) is 0 Å². The van der Waals surface area contributed by atoms with Gasteiger partial charge in [0.15, 0.2) is 5.78 Å². The fraction of sp³-hybridized carbons (Fsp3) is 0.929. The summed E-state index contributed by atoms with van der Waals surface area (Å²) in [7, 11) is 0. The third kappa shape index (κ3) is 3.31. The van der Waals surface area contributed by atoms with E-state index in [2.05, 4.69) is 20.8 Å². The van der Waals surface area contributed by atoms with Crippen molar-refractivity contribution in [1.82, 2.24) is 0 Å². The van der Waals surface area contributed by atoms with Crippen LogP contribution in [0.1, 0.15) is 65.7 Å². The molecule has 0 bridgehead atoms. The van der Waals surface area contributed by atoms with E-state index in [9.17, 15) is 4.79 Å². The predicted octanol–water partition coefficient (Wildman–Crippen LogP) is 3.73. The van der Waals surface area contributed by atoms with Crippen molar-refractivity contribution in [3.8, 4) is 0 Å². The summed E-state index contributed by atoms with van der Waals surface area (Å²) < 4.78 is 5.95. The van der Waals surface area contributed by atoms with E-state index in [0.717, 1.165) is 38.7 Å². The van der Waals surface area contributed by atoms with Crippen LogP contribution in [0, 0.1) is 5.92 Å². The third-order valence-corrected chi connectivity index (χ3v) is 3.52. The fourth-order valence-corrected chi connectivity index (χ4v) is 2.72. The Hall–Kier alpha value is -0.370. The van der Waals surface area contributed by atoms with Crippen LogP contribution in [0.25, 0.3) is 0 Å². The molecule has 0 saturated heterocycles. The zero-order valence-electron chi connectivity index (χ0n) is 11.1. The summed E-state index contributed by atoms with van der Waals surface area (Å²) in [6, 6.07) is 0. The minimum atomic E-state index is -0.427. The van der Waals surface area contributed by atoms with E-state index >= 15 is 0 Å². The van der Waals surface area contributed by atoms with Gasteiger partial charge in [0.25, 0.3) is 0 Å². The van der Waals surface area contributed by atoms with Gasteiger partial charge in [-0.25, -0.2) is 0 Å². The van der Waals surface area contributed by atoms with Gasteiger partial charge in [-0.1, -0.05) is 27.2 Å². The molecule has 0 N–H and O–H groups in total. The lowest BCUT2D eigenvalue weighted by molar-refractivity contribution is -0.152. The highest BCUT2D eigenvalue weighted by atomic mass is 16.5. The predicted molar refractivity (Wildman–Crippen MR) is 66.5 cm³/mol. The number of carbonyl (C=O) groups is 1. The second-order valence-corrected chi connectivity index (χ2v) is 5.22. The summed E-state index contributed by atoms with van der Waals surface area (Å²) in [5, 5.41) is 0. The molecule has 94 valence electrons. The van der Waals surface area contributed by atoms with E-state index < -0.39 is 5.60 Å². The van der Waals surface area contributed by atoms with Crippen molar-refractivity contribution in [2.75, 3.05) is 6.61 Å². The lowest BCUT2D eigenvalue weighted by Crippen LogP contribution is -2.45. The Labute approximate surface area is 99.8 Å². The lowest BCUT2D eigenvalue weighted by Gasteiger charge is -2.38. The Bertz CT molecular complexity index is 225. The maximum atomic E-state index is 12.2. The maximum Gasteiger partial charge on any atom is 0.164 e. The molecule has 0 heterocycles. The van der Waals surface area contributed by atoms with Crippen molar-refractivity contribution in [3.05, 3.63) is 0 Å². The Kier molecular flexibility index (Phi) is 5.47. The topological polar surface area (TPSA) is 26.3 Å². The van der Waals surface area contributed by atoms with Gasteiger partial charge in [0.2, 0.25) is 0 Å². The summed E-state index contributed by atoms with van der Waals surface area (Å²) >= 11 is 0. The number of Topliss-reactive ketones (excluding diaryl/α,β-unsaturated/α-hetero) is 1. The molecule has 0 aromatic carbocycles. The van der Waals surface area contributed by atoms with Gasteiger partial charge in [-0.05, 0) is 38.0 Å². The molecule has 2 heteroatoms. The van der Waals surface area contributed by atoms with Crippen molar-refractivity contribution in [2.24, 2.45) is 5.92 Å². The van der Waals surface area contributed by atoms with Crippen molar-refractivity contribution < 1.29 is 9.53 Å². The zero-order valence-corrected chi connectivity index (χ0v) is 11.1. The van der Waals surface area contributed by atoms with Crippen LogP contribution >= 0.6 is 0 Å². The Morgan fingerprint density at radius 3 is 2.69 bits per heavy atom. The van der Waals surface area contributed by atoms with Crippen LogP contribution in [0.15, 0.2) is 0 Å². The molecule has 2 atom stereocenters. The van der Waals surface area contributed by atoms with Gasteiger partial charge in [-0.2, -0.15) is 0 Å². The molecule has 0 amide bonds. The molecular weight excluding hydrogens is 200 g/mol. The van der Waals surface area contributed by atoms with Crippen molar-refractivity contribution >= 4 is 5.78 Å². The van der Waals surface area contributed by atoms with Gasteiger partial charge in [0, 0.05) is 13.0 Å². The van der Waals surface area contributed by atoms with Crippen LogP contribution in [0.3, 0.4) is 0 Å². The van der Waals surface area contributed by atoms with E-state index in [1.54, 1.807) is 0 Å². The largest absolute Gasteiger partial charge is 0.367 e. The molecule has 16 heavy (non-hydrogen) atoms. The van der Waals surface area contributed by atoms with E-state index in [4.69, 9.17) is 4.74 Å². The number of ketones is 1. The molecular formula is C14H26O2. The number of rotatable bonds is 6. The number of hydrogen-bond donors (Lipinski definition) is 0. The molecule has 1 rings (SSSR count). The van der Waals surface area contributed by atoms with E-state index in [1.807, 2.05) is 0 Å². The van der Waals surface area contributed by atoms with Crippen molar-refractivity contribution in [1.29, 1.82) is 0 Å². The molecule has 0 aliphatic heterocycles. The minimum Gasteiger partial charge on any atom is -0.367 e. The second kappa shape index (κ2) is 6.39. The maximum absolute atomic E-state index is 12.2. The summed E-state index contributed by atoms with van der Waals surface area (Å²) in [6.45, 7) is 7.13. The van der Waals surface area contributed by atoms with Gasteiger partial charge in [-0.3, -0.25) is 4.79 Å². The standard InChI is InChI=1S/C14H26O2/c1-4-7-13(15)14(16-10-5-2)9-6-8-12(3)11-14/h12H,4-11H2,1-3H3. The molecule has 1 aliphatic rings. The Morgan fingerprint density at radius 2 is 2.12 bits per heavy atom. The third-order valence-electron chi connectivity index (χ3n) is 3.52. The molecule has 1 fully saturated rings. The van der Waals surface area contributed by atoms with Gasteiger partial charge in [0.05, 0.1) is 0 Å². The first-order valence-electron chi connectivity index (χ1n) is 6.82. The molecule has 0 aromatic rings. The first-order chi connectivity index (χ1) is 7.64. The van der Waals surface area contributed by atoms with Gasteiger partial charge < -0.3 is 4.74 Å². The summed E-state index contributed by atoms with van der Waals surface area (Å²) in [4.78, 5) is 12.2. The molecule has 1 aliphatic carbocycles. The van der Waals surface area contributed by atoms with Gasteiger partial charge in [-0.15, -0.1) is 0 Å². The molecule has 2 nitrogen and oxygen atoms in total. The molecule has 0 aromatic heterocycles. The highest BCUT2D eigenvalue weighted by Gasteiger charge is 2.41. The van der Waals surface area contributed by atoms with Crippen molar-refractivity contribution in [3.63, 3.8) is 0 Å². The first-order valence-corrected chi connectivity index (χ1v) is 6.82. The molecule has 2 unspecified atom stereocenters. The van der Waals surface area contributed by atoms with Crippen LogP contribution in [-0.2, 0) is 9.53 Å². The van der Waals surface area contributed by atoms with Gasteiger partial charge >= 0.3 is 0 Å². The number of hydrogen-bond acceptors (Lipinski definition) is 2. The number of carbonyl (C=O) groups excluding carboxylic acids is 1. The summed E-state index contributed by atoms with van der Waals surface area (Å²) in [5.74, 6) is 0.974. The highest BCUT2D eigenvalue weighted by Crippen LogP contribution is 2.37. The quantitative estimate of drug-likeness (QED) is 0.689. The highest BCUT2D eigenvalue weighted by molar-refractivity contribution is 5.87. The lowest BCUT2D eigenvalue weighted by atomic mass is 9.75. The SMILES string of the molecule is CCCOC1(C(=O)CCC)CCCC(C)C1. The average molecular weight is 226 g/mol. The van der Waals surface area contributed by atoms with Crippen LogP contribution < -0.4 is 0 Å². The van der Waals surface area contributed by atoms with E-state index in [-0.39, 0.29) is 0 Å². The molecule has 1 saturated carbocycles. The van der Waals surface area contributed by atoms with Gasteiger partial charge in [0.1, 0.15) is 5.60 Å². The van der Waals surface area contributed by atoms with Crippen LogP contribution in [-0.4, -0.2) is 18.0 Å². The van der Waals surface area contributed by atoms with E-state index in [0.29, 0.717) is 18.1 Å².